The maximum absolute atomic E-state index is 12.8. The number of para-hydroxylation sites is 2. The lowest BCUT2D eigenvalue weighted by Crippen LogP contribution is -2.42. The van der Waals surface area contributed by atoms with Crippen molar-refractivity contribution in [1.82, 2.24) is 5.32 Å². The minimum Gasteiger partial charge on any atom is -0.444 e. The summed E-state index contributed by atoms with van der Waals surface area (Å²) in [5.41, 5.74) is 3.06. The highest BCUT2D eigenvalue weighted by molar-refractivity contribution is 5.94. The Morgan fingerprint density at radius 3 is 1.88 bits per heavy atom. The molecule has 0 spiro atoms. The van der Waals surface area contributed by atoms with Crippen LogP contribution in [0, 0.1) is 0 Å². The van der Waals surface area contributed by atoms with Crippen LogP contribution in [0.2, 0.25) is 0 Å². The molecule has 0 saturated heterocycles. The molecule has 0 aromatic heterocycles. The lowest BCUT2D eigenvalue weighted by Gasteiger charge is -2.29. The lowest BCUT2D eigenvalue weighted by molar-refractivity contribution is -0.119. The van der Waals surface area contributed by atoms with Crippen LogP contribution in [-0.4, -0.2) is 49.9 Å². The molecule has 1 atom stereocenters. The second kappa shape index (κ2) is 21.8. The van der Waals surface area contributed by atoms with E-state index >= 15 is 0 Å². The van der Waals surface area contributed by atoms with Crippen molar-refractivity contribution in [2.24, 2.45) is 0 Å². The van der Waals surface area contributed by atoms with E-state index in [-0.39, 0.29) is 31.0 Å². The standard InChI is InChI=1S/C29H40N4O5.2C2H6/c1-6-18-33(19-7-2)27-11-9-8-10-26(27)32(5)29(37)38-20-23-13-15-24(16-14-23)30-28(36)31-25(22(4)35)17-12-21(3)34;2*1-2/h8-11,13-16,25H,6-7,12,17-20H2,1-5H3,(H2,30,31,36);2*1-2H3. The molecule has 2 rings (SSSR count). The zero-order chi connectivity index (χ0) is 32.1. The second-order valence-corrected chi connectivity index (χ2v) is 9.29. The smallest absolute Gasteiger partial charge is 0.414 e. The Morgan fingerprint density at radius 2 is 1.38 bits per heavy atom. The van der Waals surface area contributed by atoms with E-state index in [9.17, 15) is 19.2 Å². The lowest BCUT2D eigenvalue weighted by atomic mass is 10.1. The number of hydrogen-bond acceptors (Lipinski definition) is 6. The number of urea groups is 1. The van der Waals surface area contributed by atoms with E-state index in [2.05, 4.69) is 29.4 Å². The minimum atomic E-state index is -0.726. The van der Waals surface area contributed by atoms with Crippen molar-refractivity contribution < 1.29 is 23.9 Å². The number of carbonyl (C=O) groups is 4. The number of benzene rings is 2. The van der Waals surface area contributed by atoms with Crippen LogP contribution >= 0.6 is 0 Å². The van der Waals surface area contributed by atoms with Gasteiger partial charge in [0.05, 0.1) is 17.4 Å². The molecule has 2 aromatic rings. The minimum absolute atomic E-state index is 0.0416. The summed E-state index contributed by atoms with van der Waals surface area (Å²) >= 11 is 0. The van der Waals surface area contributed by atoms with Crippen LogP contribution < -0.4 is 20.4 Å². The van der Waals surface area contributed by atoms with Crippen LogP contribution in [-0.2, 0) is 20.9 Å². The molecule has 0 aliphatic carbocycles. The molecule has 3 amide bonds. The van der Waals surface area contributed by atoms with Gasteiger partial charge in [0, 0.05) is 32.2 Å². The van der Waals surface area contributed by atoms with Gasteiger partial charge in [-0.15, -0.1) is 0 Å². The second-order valence-electron chi connectivity index (χ2n) is 9.29. The van der Waals surface area contributed by atoms with Gasteiger partial charge in [-0.3, -0.25) is 9.69 Å². The molecule has 1 unspecified atom stereocenters. The van der Waals surface area contributed by atoms with Gasteiger partial charge in [0.2, 0.25) is 0 Å². The quantitative estimate of drug-likeness (QED) is 0.237. The molecule has 0 heterocycles. The summed E-state index contributed by atoms with van der Waals surface area (Å²) in [4.78, 5) is 51.9. The molecular weight excluding hydrogens is 532 g/mol. The van der Waals surface area contributed by atoms with Crippen molar-refractivity contribution in [3.63, 3.8) is 0 Å². The predicted octanol–water partition coefficient (Wildman–Crippen LogP) is 7.59. The van der Waals surface area contributed by atoms with Gasteiger partial charge in [-0.2, -0.15) is 0 Å². The predicted molar refractivity (Wildman–Crippen MR) is 174 cm³/mol. The Labute approximate surface area is 253 Å². The zero-order valence-corrected chi connectivity index (χ0v) is 27.1. The highest BCUT2D eigenvalue weighted by Crippen LogP contribution is 2.29. The first-order chi connectivity index (χ1) is 20.2. The molecule has 9 nitrogen and oxygen atoms in total. The van der Waals surface area contributed by atoms with Crippen LogP contribution in [0.25, 0.3) is 0 Å². The molecule has 0 aliphatic rings. The van der Waals surface area contributed by atoms with Crippen LogP contribution in [0.3, 0.4) is 0 Å². The van der Waals surface area contributed by atoms with Gasteiger partial charge >= 0.3 is 12.1 Å². The molecule has 0 bridgehead atoms. The van der Waals surface area contributed by atoms with E-state index in [1.165, 1.54) is 18.7 Å². The third-order valence-corrected chi connectivity index (χ3v) is 6.00. The van der Waals surface area contributed by atoms with Gasteiger partial charge in [-0.1, -0.05) is 65.8 Å². The molecule has 2 N–H and O–H groups in total. The number of amides is 3. The van der Waals surface area contributed by atoms with Gasteiger partial charge in [0.25, 0.3) is 0 Å². The summed E-state index contributed by atoms with van der Waals surface area (Å²) in [6.45, 7) is 17.0. The summed E-state index contributed by atoms with van der Waals surface area (Å²) < 4.78 is 5.55. The first-order valence-corrected chi connectivity index (χ1v) is 15.1. The Hall–Kier alpha value is -3.88. The fourth-order valence-electron chi connectivity index (χ4n) is 3.98. The van der Waals surface area contributed by atoms with Crippen LogP contribution in [0.4, 0.5) is 26.7 Å². The molecule has 234 valence electrons. The van der Waals surface area contributed by atoms with Gasteiger partial charge in [0.1, 0.15) is 12.4 Å². The maximum Gasteiger partial charge on any atom is 0.414 e. The van der Waals surface area contributed by atoms with Crippen LogP contribution in [0.15, 0.2) is 48.5 Å². The highest BCUT2D eigenvalue weighted by atomic mass is 16.6. The van der Waals surface area contributed by atoms with Crippen molar-refractivity contribution >= 4 is 40.8 Å². The maximum atomic E-state index is 12.8. The van der Waals surface area contributed by atoms with E-state index in [0.29, 0.717) is 5.69 Å². The van der Waals surface area contributed by atoms with E-state index in [4.69, 9.17) is 4.74 Å². The third-order valence-electron chi connectivity index (χ3n) is 6.00. The molecule has 0 radical (unpaired) electrons. The van der Waals surface area contributed by atoms with Crippen molar-refractivity contribution in [2.75, 3.05) is 35.3 Å². The number of hydrogen-bond donors (Lipinski definition) is 2. The number of ether oxygens (including phenoxy) is 1. The summed E-state index contributed by atoms with van der Waals surface area (Å²) in [7, 11) is 1.70. The number of rotatable bonds is 14. The SMILES string of the molecule is CC.CC.CCCN(CCC)c1ccccc1N(C)C(=O)OCc1ccc(NC(=O)NC(CCC(C)=O)C(C)=O)cc1. The molecule has 0 aliphatic heterocycles. The largest absolute Gasteiger partial charge is 0.444 e. The van der Waals surface area contributed by atoms with Gasteiger partial charge in [-0.05, 0) is 62.9 Å². The molecule has 0 saturated carbocycles. The summed E-state index contributed by atoms with van der Waals surface area (Å²) in [6, 6.07) is 13.4. The van der Waals surface area contributed by atoms with Gasteiger partial charge < -0.3 is 25.1 Å². The molecular formula is C33H52N4O5. The Morgan fingerprint density at radius 1 is 0.833 bits per heavy atom. The first-order valence-electron chi connectivity index (χ1n) is 15.1. The topological polar surface area (TPSA) is 108 Å². The number of anilines is 3. The number of Topliss-reactive ketones (excluding diaryl/α,β-unsaturated/α-hetero) is 2. The average Bonchev–Trinajstić information content (AvgIpc) is 3.00. The molecule has 2 aromatic carbocycles. The van der Waals surface area contributed by atoms with Crippen molar-refractivity contribution in [1.29, 1.82) is 0 Å². The third kappa shape index (κ3) is 13.7. The molecule has 42 heavy (non-hydrogen) atoms. The number of nitrogens with zero attached hydrogens (tertiary/aromatic N) is 2. The monoisotopic (exact) mass is 584 g/mol. The summed E-state index contributed by atoms with van der Waals surface area (Å²) in [6.07, 6.45) is 2.02. The van der Waals surface area contributed by atoms with Crippen molar-refractivity contribution in [3.8, 4) is 0 Å². The number of nitrogens with one attached hydrogen (secondary N) is 2. The van der Waals surface area contributed by atoms with Crippen LogP contribution in [0.1, 0.15) is 86.6 Å². The zero-order valence-electron chi connectivity index (χ0n) is 27.1. The van der Waals surface area contributed by atoms with Crippen LogP contribution in [0.5, 0.6) is 0 Å². The van der Waals surface area contributed by atoms with Crippen molar-refractivity contribution in [2.45, 2.75) is 93.7 Å². The average molecular weight is 585 g/mol. The van der Waals surface area contributed by atoms with E-state index in [1.807, 2.05) is 52.0 Å². The van der Waals surface area contributed by atoms with E-state index in [1.54, 1.807) is 31.3 Å². The molecule has 0 fully saturated rings. The highest BCUT2D eigenvalue weighted by Gasteiger charge is 2.19. The Bertz CT molecular complexity index is 1080. The fraction of sp³-hybridized carbons (Fsp3) is 0.515. The fourth-order valence-corrected chi connectivity index (χ4v) is 3.98. The summed E-state index contributed by atoms with van der Waals surface area (Å²) in [5, 5.41) is 5.28. The molecule has 9 heteroatoms. The number of ketones is 2. The first kappa shape index (κ1) is 38.1. The normalized spacial score (nSPS) is 10.5. The van der Waals surface area contributed by atoms with Gasteiger partial charge in [-0.25, -0.2) is 9.59 Å². The van der Waals surface area contributed by atoms with Crippen molar-refractivity contribution in [3.05, 3.63) is 54.1 Å². The van der Waals surface area contributed by atoms with E-state index in [0.717, 1.165) is 42.9 Å². The van der Waals surface area contributed by atoms with E-state index < -0.39 is 18.2 Å². The number of carbonyl (C=O) groups excluding carboxylic acids is 4. The Kier molecular flexibility index (Phi) is 19.8. The Balaban J connectivity index is 0.00000402. The van der Waals surface area contributed by atoms with Gasteiger partial charge in [0.15, 0.2) is 5.78 Å². The summed E-state index contributed by atoms with van der Waals surface area (Å²) in [5.74, 6) is -0.255.